The van der Waals surface area contributed by atoms with E-state index in [1.807, 2.05) is 24.3 Å². The maximum Gasteiger partial charge on any atom is 0.192 e. The molecule has 0 saturated carbocycles. The minimum absolute atomic E-state index is 0.0139. The van der Waals surface area contributed by atoms with Crippen LogP contribution in [0.25, 0.3) is 5.73 Å². The fourth-order valence-electron chi connectivity index (χ4n) is 1.62. The number of nitrogens with one attached hydrogen (secondary N) is 1. The Bertz CT molecular complexity index is 429. The summed E-state index contributed by atoms with van der Waals surface area (Å²) in [5.41, 5.74) is 9.40. The van der Waals surface area contributed by atoms with Gasteiger partial charge < -0.3 is 5.73 Å². The van der Waals surface area contributed by atoms with Crippen molar-refractivity contribution < 1.29 is 4.79 Å². The quantitative estimate of drug-likeness (QED) is 0.670. The van der Waals surface area contributed by atoms with Crippen LogP contribution in [0, 0.1) is 0 Å². The normalized spacial score (nSPS) is 15.5. The van der Waals surface area contributed by atoms with Gasteiger partial charge in [0.15, 0.2) is 5.78 Å². The summed E-state index contributed by atoms with van der Waals surface area (Å²) in [7, 11) is 0. The molecule has 2 nitrogen and oxygen atoms in total. The molecule has 1 N–H and O–H groups in total. The number of ketones is 1. The van der Waals surface area contributed by atoms with Gasteiger partial charge in [-0.25, -0.2) is 0 Å². The maximum absolute atomic E-state index is 11.9. The number of Topliss-reactive ketones (excluding diaryl/α,β-unsaturated/α-hetero) is 1. The minimum Gasteiger partial charge on any atom is -0.702 e. The first-order valence-corrected chi connectivity index (χ1v) is 4.99. The van der Waals surface area contributed by atoms with E-state index >= 15 is 0 Å². The van der Waals surface area contributed by atoms with E-state index in [4.69, 9.17) is 5.73 Å². The molecule has 0 spiro atoms. The zero-order valence-electron chi connectivity index (χ0n) is 8.36. The summed E-state index contributed by atoms with van der Waals surface area (Å²) in [6, 6.07) is 9.19. The molecule has 1 aromatic rings. The Hall–Kier alpha value is -1.83. The highest BCUT2D eigenvalue weighted by molar-refractivity contribution is 6.10. The number of rotatable bonds is 2. The molecule has 0 aromatic heterocycles. The van der Waals surface area contributed by atoms with Gasteiger partial charge in [0.1, 0.15) is 0 Å². The lowest BCUT2D eigenvalue weighted by atomic mass is 9.97. The molecule has 15 heavy (non-hydrogen) atoms. The van der Waals surface area contributed by atoms with E-state index in [1.165, 1.54) is 0 Å². The maximum atomic E-state index is 11.9. The van der Waals surface area contributed by atoms with Crippen molar-refractivity contribution in [3.05, 3.63) is 65.1 Å². The van der Waals surface area contributed by atoms with Crippen LogP contribution in [0.3, 0.4) is 0 Å². The molecule has 0 heterocycles. The monoisotopic (exact) mass is 198 g/mol. The van der Waals surface area contributed by atoms with Crippen LogP contribution < -0.4 is 0 Å². The standard InChI is InChI=1S/C13H12NO/c14-12-8-4-7-11(9-12)13(15)10-5-2-1-3-6-10/h1-3,5-7,9,14H,4,8H2/q-1. The van der Waals surface area contributed by atoms with Crippen molar-refractivity contribution >= 4 is 5.78 Å². The second-order valence-electron chi connectivity index (χ2n) is 3.56. The Kier molecular flexibility index (Phi) is 2.68. The Labute approximate surface area is 89.1 Å². The minimum atomic E-state index is 0.0139. The van der Waals surface area contributed by atoms with Gasteiger partial charge in [-0.05, 0) is 12.8 Å². The predicted octanol–water partition coefficient (Wildman–Crippen LogP) is 3.53. The highest BCUT2D eigenvalue weighted by atomic mass is 16.1. The van der Waals surface area contributed by atoms with Crippen molar-refractivity contribution in [3.63, 3.8) is 0 Å². The first-order chi connectivity index (χ1) is 7.27. The molecule has 0 bridgehead atoms. The van der Waals surface area contributed by atoms with Gasteiger partial charge >= 0.3 is 0 Å². The second kappa shape index (κ2) is 4.13. The summed E-state index contributed by atoms with van der Waals surface area (Å²) in [4.78, 5) is 11.9. The van der Waals surface area contributed by atoms with E-state index in [2.05, 4.69) is 0 Å². The third-order valence-electron chi connectivity index (χ3n) is 2.41. The highest BCUT2D eigenvalue weighted by Gasteiger charge is 2.10. The zero-order valence-corrected chi connectivity index (χ0v) is 8.36. The Morgan fingerprint density at radius 2 is 1.93 bits per heavy atom. The van der Waals surface area contributed by atoms with Crippen molar-refractivity contribution in [1.29, 1.82) is 0 Å². The molecule has 0 atom stereocenters. The largest absolute Gasteiger partial charge is 0.702 e. The lowest BCUT2D eigenvalue weighted by molar-refractivity contribution is 0.103. The number of carbonyl (C=O) groups is 1. The molecule has 0 fully saturated rings. The number of hydrogen-bond acceptors (Lipinski definition) is 1. The first kappa shape index (κ1) is 9.71. The van der Waals surface area contributed by atoms with E-state index in [-0.39, 0.29) is 5.78 Å². The first-order valence-electron chi connectivity index (χ1n) is 4.99. The van der Waals surface area contributed by atoms with Crippen molar-refractivity contribution in [2.24, 2.45) is 0 Å². The molecule has 2 rings (SSSR count). The average Bonchev–Trinajstić information content (AvgIpc) is 2.29. The van der Waals surface area contributed by atoms with Crippen LogP contribution in [-0.4, -0.2) is 5.78 Å². The average molecular weight is 198 g/mol. The fraction of sp³-hybridized carbons (Fsp3) is 0.154. The smallest absolute Gasteiger partial charge is 0.192 e. The third kappa shape index (κ3) is 2.15. The summed E-state index contributed by atoms with van der Waals surface area (Å²) >= 11 is 0. The van der Waals surface area contributed by atoms with Gasteiger partial charge in [0.25, 0.3) is 0 Å². The van der Waals surface area contributed by atoms with E-state index in [0.717, 1.165) is 12.8 Å². The van der Waals surface area contributed by atoms with Gasteiger partial charge in [0.2, 0.25) is 0 Å². The van der Waals surface area contributed by atoms with Crippen molar-refractivity contribution in [2.75, 3.05) is 0 Å². The van der Waals surface area contributed by atoms with Crippen LogP contribution >= 0.6 is 0 Å². The van der Waals surface area contributed by atoms with Crippen LogP contribution in [0.2, 0.25) is 0 Å². The molecule has 0 unspecified atom stereocenters. The summed E-state index contributed by atoms with van der Waals surface area (Å²) < 4.78 is 0. The van der Waals surface area contributed by atoms with Gasteiger partial charge in [-0.15, -0.1) is 0 Å². The Balaban J connectivity index is 2.26. The molecule has 1 aliphatic rings. The molecule has 1 aliphatic carbocycles. The number of allylic oxidation sites excluding steroid dienone is 4. The van der Waals surface area contributed by atoms with E-state index in [0.29, 0.717) is 16.8 Å². The summed E-state index contributed by atoms with van der Waals surface area (Å²) in [6.07, 6.45) is 5.11. The van der Waals surface area contributed by atoms with Crippen LogP contribution in [0.1, 0.15) is 23.2 Å². The topological polar surface area (TPSA) is 40.9 Å². The van der Waals surface area contributed by atoms with Crippen LogP contribution in [0.4, 0.5) is 0 Å². The van der Waals surface area contributed by atoms with Crippen molar-refractivity contribution in [3.8, 4) is 0 Å². The second-order valence-corrected chi connectivity index (χ2v) is 3.56. The van der Waals surface area contributed by atoms with Crippen LogP contribution in [-0.2, 0) is 0 Å². The summed E-state index contributed by atoms with van der Waals surface area (Å²) in [5.74, 6) is 0.0139. The number of benzene rings is 1. The van der Waals surface area contributed by atoms with E-state index < -0.39 is 0 Å². The predicted molar refractivity (Wildman–Crippen MR) is 60.5 cm³/mol. The summed E-state index contributed by atoms with van der Waals surface area (Å²) in [5, 5.41) is 0. The van der Waals surface area contributed by atoms with Gasteiger partial charge in [0.05, 0.1) is 0 Å². The van der Waals surface area contributed by atoms with Crippen LogP contribution in [0.15, 0.2) is 53.8 Å². The van der Waals surface area contributed by atoms with Gasteiger partial charge in [-0.2, -0.15) is 5.70 Å². The van der Waals surface area contributed by atoms with Crippen molar-refractivity contribution in [2.45, 2.75) is 12.8 Å². The summed E-state index contributed by atoms with van der Waals surface area (Å²) in [6.45, 7) is 0. The SMILES string of the molecule is [NH-]C1=CC(C(=O)c2ccccc2)=CCC1. The molecule has 0 saturated heterocycles. The van der Waals surface area contributed by atoms with E-state index in [1.54, 1.807) is 18.2 Å². The molecule has 0 radical (unpaired) electrons. The third-order valence-corrected chi connectivity index (χ3v) is 2.41. The molecular formula is C13H12NO-. The van der Waals surface area contributed by atoms with Gasteiger partial charge in [-0.1, -0.05) is 42.5 Å². The Morgan fingerprint density at radius 1 is 1.20 bits per heavy atom. The Morgan fingerprint density at radius 3 is 2.60 bits per heavy atom. The molecule has 76 valence electrons. The lowest BCUT2D eigenvalue weighted by Gasteiger charge is -2.15. The van der Waals surface area contributed by atoms with Gasteiger partial charge in [-0.3, -0.25) is 4.79 Å². The lowest BCUT2D eigenvalue weighted by Crippen LogP contribution is -2.04. The van der Waals surface area contributed by atoms with Crippen LogP contribution in [0.5, 0.6) is 0 Å². The highest BCUT2D eigenvalue weighted by Crippen LogP contribution is 2.20. The molecule has 0 aliphatic heterocycles. The molecule has 2 heteroatoms. The fourth-order valence-corrected chi connectivity index (χ4v) is 1.62. The van der Waals surface area contributed by atoms with E-state index in [9.17, 15) is 4.79 Å². The molecule has 0 amide bonds. The number of carbonyl (C=O) groups excluding carboxylic acids is 1. The van der Waals surface area contributed by atoms with Gasteiger partial charge in [0, 0.05) is 11.1 Å². The van der Waals surface area contributed by atoms with Crippen molar-refractivity contribution in [1.82, 2.24) is 0 Å². The molecular weight excluding hydrogens is 186 g/mol. The zero-order chi connectivity index (χ0) is 10.7. The number of hydrogen-bond donors (Lipinski definition) is 0. The molecule has 1 aromatic carbocycles.